The molecule has 3 aliphatic rings. The third-order valence-electron chi connectivity index (χ3n) is 7.94. The van der Waals surface area contributed by atoms with Crippen LogP contribution in [0.25, 0.3) is 0 Å². The minimum absolute atomic E-state index is 0.333. The highest BCUT2D eigenvalue weighted by Crippen LogP contribution is 2.40. The van der Waals surface area contributed by atoms with E-state index in [0.717, 1.165) is 46.7 Å². The molecule has 1 saturated heterocycles. The maximum absolute atomic E-state index is 13.4. The largest absolute Gasteiger partial charge is 0.493 e. The Labute approximate surface area is 221 Å². The molecule has 6 nitrogen and oxygen atoms in total. The van der Waals surface area contributed by atoms with E-state index in [-0.39, 0.29) is 0 Å². The van der Waals surface area contributed by atoms with Crippen molar-refractivity contribution in [2.45, 2.75) is 67.3 Å². The van der Waals surface area contributed by atoms with E-state index in [1.54, 1.807) is 28.2 Å². The number of hydrogen-bond acceptors (Lipinski definition) is 6. The van der Waals surface area contributed by atoms with Gasteiger partial charge in [0.15, 0.2) is 0 Å². The van der Waals surface area contributed by atoms with Gasteiger partial charge in [-0.1, -0.05) is 17.7 Å². The molecule has 1 saturated carbocycles. The lowest BCUT2D eigenvalue weighted by atomic mass is 10.2. The van der Waals surface area contributed by atoms with Crippen LogP contribution in [0.1, 0.15) is 44.1 Å². The number of aryl methyl sites for hydroxylation is 1. The molecule has 196 valence electrons. The summed E-state index contributed by atoms with van der Waals surface area (Å²) in [6, 6.07) is 14.4. The molecule has 2 aromatic carbocycles. The Morgan fingerprint density at radius 1 is 1.06 bits per heavy atom. The average molecular weight is 530 g/mol. The number of fused-ring (bicyclic) bond motifs is 1. The summed E-state index contributed by atoms with van der Waals surface area (Å²) in [4.78, 5) is 6.53. The van der Waals surface area contributed by atoms with E-state index >= 15 is 0 Å². The molecule has 2 aliphatic heterocycles. The molecule has 0 aromatic heterocycles. The fraction of sp³-hybridized carbons (Fsp3) is 0.571. The fourth-order valence-electron chi connectivity index (χ4n) is 5.81. The van der Waals surface area contributed by atoms with Gasteiger partial charge in [0.2, 0.25) is 0 Å². The number of anilines is 1. The molecule has 0 amide bonds. The van der Waals surface area contributed by atoms with Crippen LogP contribution in [0.15, 0.2) is 52.3 Å². The Morgan fingerprint density at radius 2 is 1.83 bits per heavy atom. The number of hydrogen-bond donors (Lipinski definition) is 0. The maximum Gasteiger partial charge on any atom is 0.264 e. The monoisotopic (exact) mass is 529 g/mol. The summed E-state index contributed by atoms with van der Waals surface area (Å²) in [5.74, 6) is 1.47. The molecular weight excluding hydrogens is 490 g/mol. The minimum Gasteiger partial charge on any atom is -0.493 e. The molecule has 2 heterocycles. The summed E-state index contributed by atoms with van der Waals surface area (Å²) in [7, 11) is -1.36. The molecule has 5 rings (SSSR count). The van der Waals surface area contributed by atoms with Crippen LogP contribution in [0.5, 0.6) is 5.75 Å². The van der Waals surface area contributed by atoms with Crippen molar-refractivity contribution in [3.05, 3.63) is 48.0 Å². The first-order valence-electron chi connectivity index (χ1n) is 13.4. The van der Waals surface area contributed by atoms with Crippen molar-refractivity contribution in [1.82, 2.24) is 9.80 Å². The first-order valence-corrected chi connectivity index (χ1v) is 15.8. The molecule has 2 fully saturated rings. The second-order valence-electron chi connectivity index (χ2n) is 10.4. The Hall–Kier alpha value is -1.74. The van der Waals surface area contributed by atoms with E-state index in [0.29, 0.717) is 24.1 Å². The molecule has 0 bridgehead atoms. The van der Waals surface area contributed by atoms with Crippen LogP contribution >= 0.6 is 11.8 Å². The highest BCUT2D eigenvalue weighted by Gasteiger charge is 2.32. The molecular formula is C28H39N3O3S2. The first-order chi connectivity index (χ1) is 17.4. The number of nitrogens with zero attached hydrogens (tertiary/aromatic N) is 3. The molecule has 0 radical (unpaired) electrons. The highest BCUT2D eigenvalue weighted by atomic mass is 32.2. The van der Waals surface area contributed by atoms with E-state index in [2.05, 4.69) is 16.8 Å². The number of benzene rings is 2. The summed E-state index contributed by atoms with van der Waals surface area (Å²) < 4.78 is 34.5. The molecule has 2 unspecified atom stereocenters. The Bertz CT molecular complexity index is 1130. The van der Waals surface area contributed by atoms with Gasteiger partial charge in [-0.05, 0) is 89.9 Å². The number of likely N-dealkylation sites (tertiary alicyclic amines) is 1. The zero-order valence-corrected chi connectivity index (χ0v) is 23.2. The summed E-state index contributed by atoms with van der Waals surface area (Å²) in [6.45, 7) is 6.65. The van der Waals surface area contributed by atoms with E-state index in [1.807, 2.05) is 37.3 Å². The highest BCUT2D eigenvalue weighted by molar-refractivity contribution is 8.00. The number of sulfonamides is 1. The first kappa shape index (κ1) is 25.9. The third kappa shape index (κ3) is 5.72. The molecule has 1 aliphatic carbocycles. The van der Waals surface area contributed by atoms with Crippen LogP contribution < -0.4 is 9.04 Å². The summed E-state index contributed by atoms with van der Waals surface area (Å²) in [5.41, 5.74) is 1.77. The summed E-state index contributed by atoms with van der Waals surface area (Å²) in [5, 5.41) is 0. The fourth-order valence-corrected chi connectivity index (χ4v) is 8.43. The lowest BCUT2D eigenvalue weighted by molar-refractivity contribution is 0.195. The van der Waals surface area contributed by atoms with Crippen LogP contribution in [0.2, 0.25) is 0 Å². The van der Waals surface area contributed by atoms with Crippen molar-refractivity contribution in [2.75, 3.05) is 49.9 Å². The topological polar surface area (TPSA) is 53.1 Å². The molecule has 2 atom stereocenters. The van der Waals surface area contributed by atoms with Gasteiger partial charge in [-0.2, -0.15) is 0 Å². The normalized spacial score (nSPS) is 22.8. The van der Waals surface area contributed by atoms with Gasteiger partial charge in [0, 0.05) is 41.9 Å². The lowest BCUT2D eigenvalue weighted by Crippen LogP contribution is -2.35. The Balaban J connectivity index is 1.16. The van der Waals surface area contributed by atoms with Crippen LogP contribution in [-0.2, 0) is 10.0 Å². The van der Waals surface area contributed by atoms with E-state index in [9.17, 15) is 8.42 Å². The molecule has 0 spiro atoms. The Kier molecular flexibility index (Phi) is 8.15. The zero-order chi connectivity index (χ0) is 25.1. The van der Waals surface area contributed by atoms with Crippen molar-refractivity contribution in [3.63, 3.8) is 0 Å². The second kappa shape index (κ2) is 11.3. The van der Waals surface area contributed by atoms with Crippen molar-refractivity contribution < 1.29 is 13.2 Å². The molecule has 2 aromatic rings. The summed E-state index contributed by atoms with van der Waals surface area (Å²) >= 11 is 1.70. The van der Waals surface area contributed by atoms with Crippen LogP contribution in [-0.4, -0.2) is 75.9 Å². The van der Waals surface area contributed by atoms with Gasteiger partial charge in [0.1, 0.15) is 5.75 Å². The third-order valence-corrected chi connectivity index (χ3v) is 10.8. The quantitative estimate of drug-likeness (QED) is 0.426. The number of thioether (sulfide) groups is 1. The number of rotatable bonds is 9. The zero-order valence-electron chi connectivity index (χ0n) is 21.6. The minimum atomic E-state index is -3.61. The van der Waals surface area contributed by atoms with Crippen molar-refractivity contribution in [1.29, 1.82) is 0 Å². The molecule has 36 heavy (non-hydrogen) atoms. The van der Waals surface area contributed by atoms with E-state index in [1.165, 1.54) is 45.2 Å². The predicted molar refractivity (Wildman–Crippen MR) is 148 cm³/mol. The van der Waals surface area contributed by atoms with Crippen LogP contribution in [0, 0.1) is 6.92 Å². The SMILES string of the molecule is Cc1ccc(S(=O)(=O)N2CCSc3ccc(OCCCN(C)C4CCC(N5CCCC5)C4)cc32)cc1. The standard InChI is InChI=1S/C28H39N3O3S2/c1-22-6-11-26(12-7-22)36(32,33)31-17-19-35-28-13-10-25(21-27(28)31)34-18-5-14-29(2)23-8-9-24(20-23)30-15-3-4-16-30/h6-7,10-13,21,23-24H,3-5,8-9,14-20H2,1-2H3. The van der Waals surface area contributed by atoms with Crippen molar-refractivity contribution in [3.8, 4) is 5.75 Å². The predicted octanol–water partition coefficient (Wildman–Crippen LogP) is 5.01. The van der Waals surface area contributed by atoms with Gasteiger partial charge in [0.05, 0.1) is 17.2 Å². The van der Waals surface area contributed by atoms with E-state index in [4.69, 9.17) is 4.74 Å². The van der Waals surface area contributed by atoms with Gasteiger partial charge >= 0.3 is 0 Å². The second-order valence-corrected chi connectivity index (χ2v) is 13.4. The van der Waals surface area contributed by atoms with Gasteiger partial charge in [-0.15, -0.1) is 11.8 Å². The average Bonchev–Trinajstić information content (AvgIpc) is 3.59. The van der Waals surface area contributed by atoms with Crippen LogP contribution in [0.4, 0.5) is 5.69 Å². The smallest absolute Gasteiger partial charge is 0.264 e. The van der Waals surface area contributed by atoms with Gasteiger partial charge in [-0.3, -0.25) is 4.31 Å². The summed E-state index contributed by atoms with van der Waals surface area (Å²) in [6.07, 6.45) is 7.62. The number of ether oxygens (including phenoxy) is 1. The maximum atomic E-state index is 13.4. The van der Waals surface area contributed by atoms with Gasteiger partial charge < -0.3 is 14.5 Å². The lowest BCUT2D eigenvalue weighted by Gasteiger charge is -2.30. The van der Waals surface area contributed by atoms with Crippen molar-refractivity contribution in [2.24, 2.45) is 0 Å². The van der Waals surface area contributed by atoms with Gasteiger partial charge in [0.25, 0.3) is 10.0 Å². The molecule has 8 heteroatoms. The van der Waals surface area contributed by atoms with Gasteiger partial charge in [-0.25, -0.2) is 8.42 Å². The molecule has 0 N–H and O–H groups in total. The van der Waals surface area contributed by atoms with Crippen molar-refractivity contribution >= 4 is 27.5 Å². The van der Waals surface area contributed by atoms with E-state index < -0.39 is 10.0 Å². The Morgan fingerprint density at radius 3 is 2.61 bits per heavy atom. The van der Waals surface area contributed by atoms with Crippen LogP contribution in [0.3, 0.4) is 0 Å².